The van der Waals surface area contributed by atoms with Gasteiger partial charge in [0.25, 0.3) is 0 Å². The third-order valence-corrected chi connectivity index (χ3v) is 10.6. The molecule has 0 aromatic heterocycles. The second-order valence-corrected chi connectivity index (χ2v) is 16.0. The predicted molar refractivity (Wildman–Crippen MR) is 212 cm³/mol. The first-order valence-electron chi connectivity index (χ1n) is 21.3. The molecular formula is C40H69ClN4O13. The predicted octanol–water partition coefficient (Wildman–Crippen LogP) is 0.125. The Morgan fingerprint density at radius 2 is 0.569 bits per heavy atom. The van der Waals surface area contributed by atoms with Crippen LogP contribution in [0.15, 0.2) is 0 Å². The molecule has 0 aliphatic heterocycles. The summed E-state index contributed by atoms with van der Waals surface area (Å²) < 4.78 is 21.6. The maximum absolute atomic E-state index is 11.9. The van der Waals surface area contributed by atoms with E-state index >= 15 is 0 Å². The monoisotopic (exact) mass is 848 g/mol. The summed E-state index contributed by atoms with van der Waals surface area (Å²) in [5.41, 5.74) is 0. The molecule has 5 aliphatic carbocycles. The molecule has 0 aromatic carbocycles. The van der Waals surface area contributed by atoms with E-state index < -0.39 is 0 Å². The van der Waals surface area contributed by atoms with Crippen molar-refractivity contribution in [2.24, 2.45) is 29.6 Å². The fourth-order valence-corrected chi connectivity index (χ4v) is 5.85. The van der Waals surface area contributed by atoms with Crippen LogP contribution in [0.1, 0.15) is 64.2 Å². The Kier molecular flexibility index (Phi) is 24.8. The van der Waals surface area contributed by atoms with Gasteiger partial charge in [-0.25, -0.2) is 0 Å². The van der Waals surface area contributed by atoms with E-state index in [1.165, 1.54) is 0 Å². The lowest BCUT2D eigenvalue weighted by Crippen LogP contribution is -2.41. The van der Waals surface area contributed by atoms with Crippen molar-refractivity contribution in [3.05, 3.63) is 0 Å². The molecule has 5 fully saturated rings. The van der Waals surface area contributed by atoms with Gasteiger partial charge < -0.3 is 39.4 Å². The van der Waals surface area contributed by atoms with Crippen LogP contribution in [0.25, 0.3) is 0 Å². The second-order valence-electron chi connectivity index (χ2n) is 15.6. The number of aliphatic hydroxyl groups excluding tert-OH is 4. The molecule has 0 heterocycles. The summed E-state index contributed by atoms with van der Waals surface area (Å²) in [6.07, 6.45) is 9.30. The van der Waals surface area contributed by atoms with Crippen molar-refractivity contribution in [1.82, 2.24) is 19.6 Å². The number of esters is 4. The average molecular weight is 849 g/mol. The first-order valence-corrected chi connectivity index (χ1v) is 21.6. The van der Waals surface area contributed by atoms with Gasteiger partial charge in [-0.3, -0.25) is 43.6 Å². The van der Waals surface area contributed by atoms with Crippen molar-refractivity contribution < 1.29 is 63.3 Å². The van der Waals surface area contributed by atoms with Gasteiger partial charge in [0.2, 0.25) is 5.24 Å². The summed E-state index contributed by atoms with van der Waals surface area (Å²) in [4.78, 5) is 65.6. The summed E-state index contributed by atoms with van der Waals surface area (Å²) in [6, 6.07) is 0. The van der Waals surface area contributed by atoms with Gasteiger partial charge in [-0.2, -0.15) is 0 Å². The molecule has 0 unspecified atom stereocenters. The summed E-state index contributed by atoms with van der Waals surface area (Å²) in [5.74, 6) is -0.0611. The van der Waals surface area contributed by atoms with Gasteiger partial charge in [0.1, 0.15) is 26.4 Å². The molecule has 0 spiro atoms. The van der Waals surface area contributed by atoms with Gasteiger partial charge in [-0.1, -0.05) is 0 Å². The Morgan fingerprint density at radius 1 is 0.362 bits per heavy atom. The van der Waals surface area contributed by atoms with Gasteiger partial charge in [0.15, 0.2) is 0 Å². The van der Waals surface area contributed by atoms with Gasteiger partial charge in [-0.15, -0.1) is 0 Å². The fourth-order valence-electron chi connectivity index (χ4n) is 5.63. The van der Waals surface area contributed by atoms with Crippen molar-refractivity contribution in [3.8, 4) is 0 Å². The van der Waals surface area contributed by atoms with E-state index in [1.54, 1.807) is 0 Å². The number of halogens is 1. The standard InChI is InChI=1S/C26H40N2O8.C10H24N2O4.C4H5ClO/c29-23(19-1-2-19)33-15-11-27(12-16-34-24(30)20-3-4-20)9-10-28(13-17-35-25(31)21-5-6-21)14-18-36-26(32)22-7-8-22;13-7-3-11(4-8-14)1-2-12(5-9-15)6-10-16;5-4(6)3-1-2-3/h19-22H,1-18H2;13-16H,1-10H2;3H,1-2H2. The highest BCUT2D eigenvalue weighted by Crippen LogP contribution is 2.32. The van der Waals surface area contributed by atoms with Gasteiger partial charge in [0, 0.05) is 84.5 Å². The molecule has 334 valence electrons. The second kappa shape index (κ2) is 28.9. The lowest BCUT2D eigenvalue weighted by atomic mass is 10.4. The number of aliphatic hydroxyl groups is 4. The van der Waals surface area contributed by atoms with Gasteiger partial charge in [0.05, 0.1) is 50.1 Å². The number of carbonyl (C=O) groups is 5. The van der Waals surface area contributed by atoms with Crippen molar-refractivity contribution >= 4 is 40.7 Å². The molecule has 4 N–H and O–H groups in total. The zero-order chi connectivity index (χ0) is 42.1. The molecule has 5 rings (SSSR count). The molecule has 0 amide bonds. The number of hydrogen-bond acceptors (Lipinski definition) is 17. The van der Waals surface area contributed by atoms with Crippen molar-refractivity contribution in [1.29, 1.82) is 0 Å². The smallest absolute Gasteiger partial charge is 0.308 e. The topological polar surface area (TPSA) is 216 Å². The SMILES string of the molecule is O=C(Cl)C1CC1.O=C(OCCN(CCOC(=O)C1CC1)CCN(CCOC(=O)C1CC1)CCOC(=O)C1CC1)C1CC1.OCCN(CCO)CCN(CCO)CCO. The van der Waals surface area contributed by atoms with E-state index in [0.29, 0.717) is 105 Å². The van der Waals surface area contributed by atoms with Crippen LogP contribution in [0, 0.1) is 29.6 Å². The van der Waals surface area contributed by atoms with E-state index in [4.69, 9.17) is 51.0 Å². The van der Waals surface area contributed by atoms with Gasteiger partial charge in [-0.05, 0) is 75.8 Å². The maximum atomic E-state index is 11.9. The summed E-state index contributed by atoms with van der Waals surface area (Å²) >= 11 is 5.04. The third-order valence-electron chi connectivity index (χ3n) is 10.3. The molecule has 0 aromatic rings. The van der Waals surface area contributed by atoms with E-state index in [-0.39, 0.29) is 85.1 Å². The summed E-state index contributed by atoms with van der Waals surface area (Å²) in [6.45, 7) is 8.48. The Hall–Kier alpha value is -2.48. The number of hydrogen-bond donors (Lipinski definition) is 4. The van der Waals surface area contributed by atoms with Gasteiger partial charge >= 0.3 is 23.9 Å². The van der Waals surface area contributed by atoms with Crippen molar-refractivity contribution in [3.63, 3.8) is 0 Å². The lowest BCUT2D eigenvalue weighted by molar-refractivity contribution is -0.148. The van der Waals surface area contributed by atoms with E-state index in [1.807, 2.05) is 9.80 Å². The maximum Gasteiger partial charge on any atom is 0.308 e. The highest BCUT2D eigenvalue weighted by atomic mass is 35.5. The van der Waals surface area contributed by atoms with Crippen LogP contribution in [0.2, 0.25) is 0 Å². The molecule has 17 nitrogen and oxygen atoms in total. The minimum atomic E-state index is -0.157. The van der Waals surface area contributed by atoms with Crippen LogP contribution in [-0.4, -0.2) is 201 Å². The summed E-state index contributed by atoms with van der Waals surface area (Å²) in [7, 11) is 0. The zero-order valence-electron chi connectivity index (χ0n) is 34.2. The third kappa shape index (κ3) is 23.9. The zero-order valence-corrected chi connectivity index (χ0v) is 35.0. The number of rotatable bonds is 31. The lowest BCUT2D eigenvalue weighted by Gasteiger charge is -2.27. The van der Waals surface area contributed by atoms with Crippen molar-refractivity contribution in [2.75, 3.05) is 131 Å². The minimum absolute atomic E-state index is 0.0603. The average Bonchev–Trinajstić information content (AvgIpc) is 3.99. The first-order chi connectivity index (χ1) is 28.1. The van der Waals surface area contributed by atoms with E-state index in [0.717, 1.165) is 64.2 Å². The van der Waals surface area contributed by atoms with Crippen LogP contribution in [0.4, 0.5) is 0 Å². The molecule has 0 bridgehead atoms. The van der Waals surface area contributed by atoms with Crippen molar-refractivity contribution in [2.45, 2.75) is 64.2 Å². The Morgan fingerprint density at radius 3 is 0.724 bits per heavy atom. The highest BCUT2D eigenvalue weighted by molar-refractivity contribution is 6.64. The normalized spacial score (nSPS) is 17.3. The first kappa shape index (κ1) is 49.9. The highest BCUT2D eigenvalue weighted by Gasteiger charge is 2.34. The number of ether oxygens (including phenoxy) is 4. The minimum Gasteiger partial charge on any atom is -0.464 e. The Bertz CT molecular complexity index is 1060. The molecule has 58 heavy (non-hydrogen) atoms. The quantitative estimate of drug-likeness (QED) is 0.0414. The molecule has 5 aliphatic rings. The van der Waals surface area contributed by atoms with Crippen LogP contribution in [0.5, 0.6) is 0 Å². The molecular weight excluding hydrogens is 780 g/mol. The Labute approximate surface area is 348 Å². The molecule has 0 atom stereocenters. The molecule has 5 saturated carbocycles. The largest absolute Gasteiger partial charge is 0.464 e. The fraction of sp³-hybridized carbons (Fsp3) is 0.875. The molecule has 18 heteroatoms. The Balaban J connectivity index is 0.000000337. The number of carbonyl (C=O) groups excluding carboxylic acids is 5. The van der Waals surface area contributed by atoms with Crippen LogP contribution < -0.4 is 0 Å². The van der Waals surface area contributed by atoms with Crippen LogP contribution in [-0.2, 0) is 42.9 Å². The summed E-state index contributed by atoms with van der Waals surface area (Å²) in [5, 5.41) is 35.1. The molecule has 0 radical (unpaired) electrons. The van der Waals surface area contributed by atoms with Crippen LogP contribution >= 0.6 is 11.6 Å². The number of nitrogens with zero attached hydrogens (tertiary/aromatic N) is 4. The van der Waals surface area contributed by atoms with E-state index in [2.05, 4.69) is 9.80 Å². The molecule has 0 saturated heterocycles. The van der Waals surface area contributed by atoms with Crippen LogP contribution in [0.3, 0.4) is 0 Å². The van der Waals surface area contributed by atoms with E-state index in [9.17, 15) is 24.0 Å².